The van der Waals surface area contributed by atoms with Crippen LogP contribution in [0.4, 0.5) is 0 Å². The van der Waals surface area contributed by atoms with Gasteiger partial charge in [-0.15, -0.1) is 0 Å². The zero-order valence-electron chi connectivity index (χ0n) is 9.93. The number of nitrogens with one attached hydrogen (secondary N) is 1. The molecular formula is C12H24N2S. The quantitative estimate of drug-likeness (QED) is 0.795. The lowest BCUT2D eigenvalue weighted by atomic mass is 9.97. The van der Waals surface area contributed by atoms with Gasteiger partial charge < -0.3 is 10.2 Å². The third-order valence-corrected chi connectivity index (χ3v) is 4.44. The third-order valence-electron chi connectivity index (χ3n) is 3.85. The van der Waals surface area contributed by atoms with Gasteiger partial charge in [-0.25, -0.2) is 0 Å². The normalized spacial score (nSPS) is 27.0. The van der Waals surface area contributed by atoms with E-state index in [2.05, 4.69) is 16.5 Å². The van der Waals surface area contributed by atoms with Gasteiger partial charge >= 0.3 is 0 Å². The molecule has 2 fully saturated rings. The summed E-state index contributed by atoms with van der Waals surface area (Å²) in [6, 6.07) is 0. The monoisotopic (exact) mass is 228 g/mol. The van der Waals surface area contributed by atoms with Crippen LogP contribution >= 0.6 is 11.8 Å². The molecule has 0 radical (unpaired) electrons. The van der Waals surface area contributed by atoms with Gasteiger partial charge in [-0.05, 0) is 38.6 Å². The molecule has 2 rings (SSSR count). The van der Waals surface area contributed by atoms with Crippen molar-refractivity contribution >= 4 is 11.8 Å². The molecule has 1 heterocycles. The molecule has 3 heteroatoms. The topological polar surface area (TPSA) is 15.3 Å². The average Bonchev–Trinajstić information content (AvgIpc) is 2.58. The van der Waals surface area contributed by atoms with E-state index in [0.29, 0.717) is 5.54 Å². The number of hydrogen-bond acceptors (Lipinski definition) is 3. The molecule has 1 N–H and O–H groups in total. The van der Waals surface area contributed by atoms with Crippen molar-refractivity contribution in [3.8, 4) is 0 Å². The summed E-state index contributed by atoms with van der Waals surface area (Å²) in [6.07, 6.45) is 9.22. The fraction of sp³-hybridized carbons (Fsp3) is 1.00. The van der Waals surface area contributed by atoms with Crippen molar-refractivity contribution in [1.29, 1.82) is 0 Å². The van der Waals surface area contributed by atoms with E-state index in [1.54, 1.807) is 0 Å². The van der Waals surface area contributed by atoms with Gasteiger partial charge in [0.15, 0.2) is 0 Å². The van der Waals surface area contributed by atoms with Crippen molar-refractivity contribution in [2.75, 3.05) is 38.2 Å². The van der Waals surface area contributed by atoms with Crippen LogP contribution in [0, 0.1) is 0 Å². The molecule has 15 heavy (non-hydrogen) atoms. The molecule has 2 aliphatic rings. The lowest BCUT2D eigenvalue weighted by Crippen LogP contribution is -2.49. The second kappa shape index (κ2) is 5.55. The average molecular weight is 228 g/mol. The second-order valence-corrected chi connectivity index (χ2v) is 6.02. The number of thioether (sulfide) groups is 1. The summed E-state index contributed by atoms with van der Waals surface area (Å²) < 4.78 is 0. The smallest absolute Gasteiger partial charge is 0.0308 e. The Balaban J connectivity index is 1.89. The Labute approximate surface area is 98.2 Å². The Bertz CT molecular complexity index is 190. The van der Waals surface area contributed by atoms with E-state index in [4.69, 9.17) is 0 Å². The van der Waals surface area contributed by atoms with Crippen molar-refractivity contribution in [2.24, 2.45) is 0 Å². The summed E-state index contributed by atoms with van der Waals surface area (Å²) in [4.78, 5) is 2.68. The van der Waals surface area contributed by atoms with Crippen LogP contribution in [0.2, 0.25) is 0 Å². The van der Waals surface area contributed by atoms with E-state index in [9.17, 15) is 0 Å². The summed E-state index contributed by atoms with van der Waals surface area (Å²) in [5.41, 5.74) is 0.495. The van der Waals surface area contributed by atoms with Gasteiger partial charge in [0.1, 0.15) is 0 Å². The predicted octanol–water partition coefficient (Wildman–Crippen LogP) is 1.96. The maximum Gasteiger partial charge on any atom is 0.0308 e. The second-order valence-electron chi connectivity index (χ2n) is 5.04. The van der Waals surface area contributed by atoms with Gasteiger partial charge in [-0.3, -0.25) is 0 Å². The van der Waals surface area contributed by atoms with Crippen molar-refractivity contribution in [2.45, 2.75) is 37.6 Å². The van der Waals surface area contributed by atoms with E-state index in [0.717, 1.165) is 0 Å². The molecule has 0 amide bonds. The first-order valence-electron chi connectivity index (χ1n) is 6.31. The van der Waals surface area contributed by atoms with E-state index in [-0.39, 0.29) is 0 Å². The molecule has 0 unspecified atom stereocenters. The fourth-order valence-corrected chi connectivity index (χ4v) is 3.46. The molecule has 0 aromatic rings. The molecule has 0 atom stereocenters. The summed E-state index contributed by atoms with van der Waals surface area (Å²) >= 11 is 1.97. The lowest BCUT2D eigenvalue weighted by molar-refractivity contribution is 0.220. The predicted molar refractivity (Wildman–Crippen MR) is 68.6 cm³/mol. The van der Waals surface area contributed by atoms with Crippen LogP contribution in [0.1, 0.15) is 32.1 Å². The van der Waals surface area contributed by atoms with Crippen LogP contribution in [0.15, 0.2) is 0 Å². The molecular weight excluding hydrogens is 204 g/mol. The number of rotatable bonds is 3. The molecule has 1 saturated heterocycles. The lowest BCUT2D eigenvalue weighted by Gasteiger charge is -2.33. The van der Waals surface area contributed by atoms with E-state index in [1.165, 1.54) is 64.0 Å². The van der Waals surface area contributed by atoms with Crippen LogP contribution in [0.3, 0.4) is 0 Å². The van der Waals surface area contributed by atoms with Gasteiger partial charge in [0.2, 0.25) is 0 Å². The van der Waals surface area contributed by atoms with Crippen LogP contribution in [-0.4, -0.2) is 48.6 Å². The van der Waals surface area contributed by atoms with Crippen LogP contribution < -0.4 is 5.32 Å². The molecule has 1 aliphatic carbocycles. The number of hydrogen-bond donors (Lipinski definition) is 1. The maximum atomic E-state index is 3.81. The first-order valence-corrected chi connectivity index (χ1v) is 7.70. The minimum Gasteiger partial charge on any atom is -0.310 e. The highest BCUT2D eigenvalue weighted by Crippen LogP contribution is 2.31. The molecule has 2 nitrogen and oxygen atoms in total. The van der Waals surface area contributed by atoms with E-state index >= 15 is 0 Å². The Hall–Kier alpha value is 0.270. The molecule has 1 saturated carbocycles. The van der Waals surface area contributed by atoms with Crippen molar-refractivity contribution in [3.05, 3.63) is 0 Å². The zero-order chi connectivity index (χ0) is 10.6. The summed E-state index contributed by atoms with van der Waals surface area (Å²) in [5, 5.41) is 3.81. The molecule has 0 aromatic heterocycles. The van der Waals surface area contributed by atoms with Crippen LogP contribution in [0.25, 0.3) is 0 Å². The van der Waals surface area contributed by atoms with E-state index in [1.807, 2.05) is 11.8 Å². The highest BCUT2D eigenvalue weighted by Gasteiger charge is 2.35. The molecule has 0 bridgehead atoms. The first kappa shape index (κ1) is 11.7. The standard InChI is InChI=1S/C12H24N2S/c1-15-10-9-14-8-4-7-13-12(11-14)5-2-3-6-12/h13H,2-11H2,1H3. The van der Waals surface area contributed by atoms with Crippen LogP contribution in [-0.2, 0) is 0 Å². The fourth-order valence-electron chi connectivity index (χ4n) is 3.02. The van der Waals surface area contributed by atoms with Crippen molar-refractivity contribution in [1.82, 2.24) is 10.2 Å². The third kappa shape index (κ3) is 3.11. The first-order chi connectivity index (χ1) is 7.35. The van der Waals surface area contributed by atoms with Crippen LogP contribution in [0.5, 0.6) is 0 Å². The molecule has 1 aliphatic heterocycles. The Morgan fingerprint density at radius 1 is 1.27 bits per heavy atom. The van der Waals surface area contributed by atoms with Gasteiger partial charge in [-0.2, -0.15) is 11.8 Å². The highest BCUT2D eigenvalue weighted by atomic mass is 32.2. The van der Waals surface area contributed by atoms with Crippen molar-refractivity contribution < 1.29 is 0 Å². The Kier molecular flexibility index (Phi) is 4.35. The van der Waals surface area contributed by atoms with Gasteiger partial charge in [-0.1, -0.05) is 12.8 Å². The highest BCUT2D eigenvalue weighted by molar-refractivity contribution is 7.98. The molecule has 88 valence electrons. The Morgan fingerprint density at radius 2 is 2.07 bits per heavy atom. The molecule has 0 aromatic carbocycles. The Morgan fingerprint density at radius 3 is 2.80 bits per heavy atom. The SMILES string of the molecule is CSCCN1CCCNC2(CCCC2)C1. The maximum absolute atomic E-state index is 3.81. The molecule has 1 spiro atoms. The van der Waals surface area contributed by atoms with Gasteiger partial charge in [0.25, 0.3) is 0 Å². The zero-order valence-corrected chi connectivity index (χ0v) is 10.7. The van der Waals surface area contributed by atoms with Gasteiger partial charge in [0, 0.05) is 24.4 Å². The van der Waals surface area contributed by atoms with Gasteiger partial charge in [0.05, 0.1) is 0 Å². The summed E-state index contributed by atoms with van der Waals surface area (Å²) in [6.45, 7) is 5.11. The van der Waals surface area contributed by atoms with Crippen molar-refractivity contribution in [3.63, 3.8) is 0 Å². The largest absolute Gasteiger partial charge is 0.310 e. The number of nitrogens with zero attached hydrogens (tertiary/aromatic N) is 1. The summed E-state index contributed by atoms with van der Waals surface area (Å²) in [5.74, 6) is 1.29. The summed E-state index contributed by atoms with van der Waals surface area (Å²) in [7, 11) is 0. The minimum absolute atomic E-state index is 0.495. The van der Waals surface area contributed by atoms with E-state index < -0.39 is 0 Å². The minimum atomic E-state index is 0.495.